The summed E-state index contributed by atoms with van der Waals surface area (Å²) in [7, 11) is 0. The molecule has 1 amide bonds. The number of nitrogens with two attached hydrogens (primary N) is 1. The van der Waals surface area contributed by atoms with Crippen molar-refractivity contribution in [2.45, 2.75) is 13.5 Å². The molecule has 1 aromatic heterocycles. The highest BCUT2D eigenvalue weighted by atomic mass is 19.1. The minimum atomic E-state index is -0.468. The molecular weight excluding hydrogens is 261 g/mol. The summed E-state index contributed by atoms with van der Waals surface area (Å²) in [5.41, 5.74) is 3.31. The number of carbonyl (C=O) groups is 1. The SMILES string of the molecule is Cc1cc(OCc2cccc(C(=O)NN)n2)ccc1F. The van der Waals surface area contributed by atoms with Gasteiger partial charge in [0.25, 0.3) is 5.91 Å². The van der Waals surface area contributed by atoms with Crippen molar-refractivity contribution >= 4 is 5.91 Å². The van der Waals surface area contributed by atoms with Crippen LogP contribution in [0.1, 0.15) is 21.7 Å². The second-order valence-electron chi connectivity index (χ2n) is 4.19. The Morgan fingerprint density at radius 3 is 2.90 bits per heavy atom. The van der Waals surface area contributed by atoms with Gasteiger partial charge < -0.3 is 4.74 Å². The van der Waals surface area contributed by atoms with Crippen molar-refractivity contribution in [1.29, 1.82) is 0 Å². The van der Waals surface area contributed by atoms with Crippen LogP contribution in [-0.2, 0) is 6.61 Å². The Hall–Kier alpha value is -2.47. The van der Waals surface area contributed by atoms with Crippen LogP contribution in [0.25, 0.3) is 0 Å². The number of hydrogen-bond donors (Lipinski definition) is 2. The number of aromatic nitrogens is 1. The lowest BCUT2D eigenvalue weighted by atomic mass is 10.2. The first-order valence-corrected chi connectivity index (χ1v) is 5.96. The average molecular weight is 275 g/mol. The van der Waals surface area contributed by atoms with Gasteiger partial charge in [-0.1, -0.05) is 6.07 Å². The lowest BCUT2D eigenvalue weighted by Crippen LogP contribution is -2.30. The lowest BCUT2D eigenvalue weighted by Gasteiger charge is -2.08. The van der Waals surface area contributed by atoms with Crippen molar-refractivity contribution in [3.63, 3.8) is 0 Å². The molecule has 0 fully saturated rings. The maximum atomic E-state index is 13.1. The summed E-state index contributed by atoms with van der Waals surface area (Å²) in [6.07, 6.45) is 0. The molecule has 0 atom stereocenters. The molecule has 0 aliphatic heterocycles. The van der Waals surface area contributed by atoms with Gasteiger partial charge in [-0.3, -0.25) is 10.2 Å². The molecule has 0 aliphatic rings. The van der Waals surface area contributed by atoms with Gasteiger partial charge in [0.2, 0.25) is 0 Å². The van der Waals surface area contributed by atoms with Gasteiger partial charge in [-0.05, 0) is 42.8 Å². The van der Waals surface area contributed by atoms with Crippen LogP contribution in [-0.4, -0.2) is 10.9 Å². The molecule has 5 nitrogen and oxygen atoms in total. The quantitative estimate of drug-likeness (QED) is 0.506. The zero-order chi connectivity index (χ0) is 14.5. The monoisotopic (exact) mass is 275 g/mol. The maximum Gasteiger partial charge on any atom is 0.283 e. The van der Waals surface area contributed by atoms with E-state index in [0.29, 0.717) is 17.0 Å². The van der Waals surface area contributed by atoms with Crippen LogP contribution in [0.3, 0.4) is 0 Å². The zero-order valence-electron chi connectivity index (χ0n) is 10.9. The Morgan fingerprint density at radius 2 is 2.20 bits per heavy atom. The number of carbonyl (C=O) groups excluding carboxylic acids is 1. The number of amides is 1. The van der Waals surface area contributed by atoms with E-state index in [1.807, 2.05) is 5.43 Å². The van der Waals surface area contributed by atoms with E-state index in [1.165, 1.54) is 6.07 Å². The Morgan fingerprint density at radius 1 is 1.40 bits per heavy atom. The molecule has 104 valence electrons. The maximum absolute atomic E-state index is 13.1. The van der Waals surface area contributed by atoms with E-state index in [4.69, 9.17) is 10.6 Å². The molecule has 2 rings (SSSR count). The van der Waals surface area contributed by atoms with Gasteiger partial charge in [-0.25, -0.2) is 15.2 Å². The molecule has 0 radical (unpaired) electrons. The molecule has 1 aromatic carbocycles. The number of nitrogens with zero attached hydrogens (tertiary/aromatic N) is 1. The van der Waals surface area contributed by atoms with Gasteiger partial charge in [0.1, 0.15) is 23.9 Å². The number of halogens is 1. The van der Waals surface area contributed by atoms with Gasteiger partial charge in [0, 0.05) is 0 Å². The van der Waals surface area contributed by atoms with Crippen LogP contribution in [0.4, 0.5) is 4.39 Å². The Bertz CT molecular complexity index is 632. The third kappa shape index (κ3) is 3.30. The third-order valence-electron chi connectivity index (χ3n) is 2.69. The summed E-state index contributed by atoms with van der Waals surface area (Å²) in [5, 5.41) is 0. The van der Waals surface area contributed by atoms with Crippen molar-refractivity contribution in [2.24, 2.45) is 5.84 Å². The number of aryl methyl sites for hydroxylation is 1. The minimum absolute atomic E-state index is 0.177. The first-order chi connectivity index (χ1) is 9.60. The molecule has 0 saturated heterocycles. The smallest absolute Gasteiger partial charge is 0.283 e. The second kappa shape index (κ2) is 6.12. The average Bonchev–Trinajstić information content (AvgIpc) is 2.48. The van der Waals surface area contributed by atoms with Gasteiger partial charge in [0.15, 0.2) is 0 Å². The van der Waals surface area contributed by atoms with E-state index >= 15 is 0 Å². The van der Waals surface area contributed by atoms with Crippen molar-refractivity contribution < 1.29 is 13.9 Å². The zero-order valence-corrected chi connectivity index (χ0v) is 10.9. The second-order valence-corrected chi connectivity index (χ2v) is 4.19. The number of hydrazine groups is 1. The van der Waals surface area contributed by atoms with Gasteiger partial charge in [0.05, 0.1) is 5.69 Å². The highest BCUT2D eigenvalue weighted by Gasteiger charge is 2.06. The molecular formula is C14H14FN3O2. The van der Waals surface area contributed by atoms with Crippen LogP contribution in [0.2, 0.25) is 0 Å². The number of benzene rings is 1. The predicted octanol–water partition coefficient (Wildman–Crippen LogP) is 1.71. The molecule has 6 heteroatoms. The summed E-state index contributed by atoms with van der Waals surface area (Å²) < 4.78 is 18.6. The number of hydrogen-bond acceptors (Lipinski definition) is 4. The van der Waals surface area contributed by atoms with Crippen molar-refractivity contribution in [3.8, 4) is 5.75 Å². The first kappa shape index (κ1) is 14.0. The number of ether oxygens (including phenoxy) is 1. The fourth-order valence-corrected chi connectivity index (χ4v) is 1.62. The highest BCUT2D eigenvalue weighted by Crippen LogP contribution is 2.17. The number of nitrogens with one attached hydrogen (secondary N) is 1. The predicted molar refractivity (Wildman–Crippen MR) is 71.4 cm³/mol. The van der Waals surface area contributed by atoms with Crippen LogP contribution < -0.4 is 16.0 Å². The van der Waals surface area contributed by atoms with Gasteiger partial charge >= 0.3 is 0 Å². The highest BCUT2D eigenvalue weighted by molar-refractivity contribution is 5.91. The molecule has 0 saturated carbocycles. The summed E-state index contributed by atoms with van der Waals surface area (Å²) in [6, 6.07) is 9.45. The third-order valence-corrected chi connectivity index (χ3v) is 2.69. The van der Waals surface area contributed by atoms with Gasteiger partial charge in [-0.2, -0.15) is 0 Å². The Labute approximate surface area is 115 Å². The van der Waals surface area contributed by atoms with E-state index < -0.39 is 5.91 Å². The topological polar surface area (TPSA) is 77.2 Å². The van der Waals surface area contributed by atoms with E-state index in [9.17, 15) is 9.18 Å². The first-order valence-electron chi connectivity index (χ1n) is 5.96. The fraction of sp³-hybridized carbons (Fsp3) is 0.143. The largest absolute Gasteiger partial charge is 0.487 e. The summed E-state index contributed by atoms with van der Waals surface area (Å²) >= 11 is 0. The van der Waals surface area contributed by atoms with E-state index in [1.54, 1.807) is 37.3 Å². The van der Waals surface area contributed by atoms with Gasteiger partial charge in [-0.15, -0.1) is 0 Å². The summed E-state index contributed by atoms with van der Waals surface area (Å²) in [4.78, 5) is 15.4. The van der Waals surface area contributed by atoms with E-state index in [2.05, 4.69) is 4.98 Å². The standard InChI is InChI=1S/C14H14FN3O2/c1-9-7-11(5-6-12(9)15)20-8-10-3-2-4-13(17-10)14(19)18-16/h2-7H,8,16H2,1H3,(H,18,19). The van der Waals surface area contributed by atoms with Crippen LogP contribution >= 0.6 is 0 Å². The van der Waals surface area contributed by atoms with Crippen molar-refractivity contribution in [2.75, 3.05) is 0 Å². The Kier molecular flexibility index (Phi) is 4.27. The normalized spacial score (nSPS) is 10.2. The van der Waals surface area contributed by atoms with E-state index in [0.717, 1.165) is 0 Å². The number of rotatable bonds is 4. The van der Waals surface area contributed by atoms with Crippen LogP contribution in [0.15, 0.2) is 36.4 Å². The fourth-order valence-electron chi connectivity index (χ4n) is 1.62. The molecule has 2 aromatic rings. The van der Waals surface area contributed by atoms with E-state index in [-0.39, 0.29) is 18.1 Å². The van der Waals surface area contributed by atoms with Crippen LogP contribution in [0, 0.1) is 12.7 Å². The molecule has 0 bridgehead atoms. The molecule has 0 unspecified atom stereocenters. The lowest BCUT2D eigenvalue weighted by molar-refractivity contribution is 0.0948. The minimum Gasteiger partial charge on any atom is -0.487 e. The Balaban J connectivity index is 2.07. The van der Waals surface area contributed by atoms with Crippen molar-refractivity contribution in [1.82, 2.24) is 10.4 Å². The molecule has 0 aliphatic carbocycles. The number of pyridine rings is 1. The number of nitrogen functional groups attached to an aromatic ring is 1. The summed E-state index contributed by atoms with van der Waals surface area (Å²) in [6.45, 7) is 1.84. The van der Waals surface area contributed by atoms with Crippen molar-refractivity contribution in [3.05, 3.63) is 59.2 Å². The molecule has 1 heterocycles. The molecule has 3 N–H and O–H groups in total. The summed E-state index contributed by atoms with van der Waals surface area (Å²) in [5.74, 6) is 4.84. The molecule has 20 heavy (non-hydrogen) atoms. The van der Waals surface area contributed by atoms with Crippen LogP contribution in [0.5, 0.6) is 5.75 Å². The molecule has 0 spiro atoms.